The molecule has 0 saturated heterocycles. The molecule has 1 aromatic rings. The van der Waals surface area contributed by atoms with Gasteiger partial charge < -0.3 is 4.74 Å². The van der Waals surface area contributed by atoms with Gasteiger partial charge in [-0.1, -0.05) is 15.9 Å². The van der Waals surface area contributed by atoms with Gasteiger partial charge in [-0.3, -0.25) is 9.78 Å². The Balaban J connectivity index is 3.51. The zero-order valence-corrected chi connectivity index (χ0v) is 10.4. The predicted octanol–water partition coefficient (Wildman–Crippen LogP) is 3.71. The van der Waals surface area contributed by atoms with Crippen molar-refractivity contribution < 1.29 is 35.9 Å². The predicted molar refractivity (Wildman–Crippen MR) is 53.9 cm³/mol. The second-order valence-electron chi connectivity index (χ2n) is 3.17. The van der Waals surface area contributed by atoms with Crippen molar-refractivity contribution in [3.8, 4) is 5.75 Å². The van der Waals surface area contributed by atoms with Crippen LogP contribution >= 0.6 is 15.9 Å². The Kier molecular flexibility index (Phi) is 4.43. The van der Waals surface area contributed by atoms with Crippen molar-refractivity contribution in [3.63, 3.8) is 0 Å². The van der Waals surface area contributed by atoms with Crippen LogP contribution in [-0.4, -0.2) is 17.6 Å². The highest BCUT2D eigenvalue weighted by Gasteiger charge is 2.40. The summed E-state index contributed by atoms with van der Waals surface area (Å²) in [4.78, 5) is 13.6. The van der Waals surface area contributed by atoms with E-state index in [-0.39, 0.29) is 17.2 Å². The number of hydrogen-bond donors (Lipinski definition) is 0. The smallest absolute Gasteiger partial charge is 0.405 e. The Morgan fingerprint density at radius 3 is 2.21 bits per heavy atom. The van der Waals surface area contributed by atoms with Crippen molar-refractivity contribution in [2.24, 2.45) is 0 Å². The zero-order chi connectivity index (χ0) is 14.8. The van der Waals surface area contributed by atoms with Crippen LogP contribution in [-0.2, 0) is 11.5 Å². The molecule has 0 aliphatic rings. The number of pyridine rings is 1. The molecule has 0 unspecified atom stereocenters. The number of aldehydes is 1. The van der Waals surface area contributed by atoms with E-state index in [0.717, 1.165) is 0 Å². The first-order valence-electron chi connectivity index (χ1n) is 4.46. The fourth-order valence-electron chi connectivity index (χ4n) is 1.22. The van der Waals surface area contributed by atoms with Gasteiger partial charge in [-0.2, -0.15) is 13.2 Å². The molecule has 3 nitrogen and oxygen atoms in total. The summed E-state index contributed by atoms with van der Waals surface area (Å²) in [7, 11) is 0. The Hall–Kier alpha value is -1.32. The SMILES string of the molecule is O=Cc1c(C(F)(F)F)ncc(CBr)c1OC(F)(F)F. The van der Waals surface area contributed by atoms with Gasteiger partial charge in [0.05, 0.1) is 5.56 Å². The fraction of sp³-hybridized carbons (Fsp3) is 0.333. The lowest BCUT2D eigenvalue weighted by molar-refractivity contribution is -0.275. The highest BCUT2D eigenvalue weighted by molar-refractivity contribution is 9.08. The number of hydrogen-bond acceptors (Lipinski definition) is 3. The topological polar surface area (TPSA) is 39.2 Å². The molecule has 0 aromatic carbocycles. The summed E-state index contributed by atoms with van der Waals surface area (Å²) in [5.74, 6) is -1.21. The Bertz CT molecular complexity index is 485. The summed E-state index contributed by atoms with van der Waals surface area (Å²) >= 11 is 2.77. The number of carbonyl (C=O) groups excluding carboxylic acids is 1. The lowest BCUT2D eigenvalue weighted by atomic mass is 10.1. The lowest BCUT2D eigenvalue weighted by Gasteiger charge is -2.17. The summed E-state index contributed by atoms with van der Waals surface area (Å²) in [6.45, 7) is 0. The maximum absolute atomic E-state index is 12.5. The molecule has 0 bridgehead atoms. The summed E-state index contributed by atoms with van der Waals surface area (Å²) in [5.41, 5.74) is -3.35. The van der Waals surface area contributed by atoms with E-state index in [2.05, 4.69) is 25.7 Å². The third kappa shape index (κ3) is 3.82. The Morgan fingerprint density at radius 1 is 1.26 bits per heavy atom. The van der Waals surface area contributed by atoms with Crippen LogP contribution in [0.15, 0.2) is 6.20 Å². The first-order valence-corrected chi connectivity index (χ1v) is 5.58. The first kappa shape index (κ1) is 15.7. The van der Waals surface area contributed by atoms with Gasteiger partial charge in [0.1, 0.15) is 5.75 Å². The van der Waals surface area contributed by atoms with Crippen LogP contribution in [0.3, 0.4) is 0 Å². The average molecular weight is 352 g/mol. The van der Waals surface area contributed by atoms with E-state index in [1.165, 1.54) is 0 Å². The fourth-order valence-corrected chi connectivity index (χ4v) is 1.62. The number of aromatic nitrogens is 1. The molecule has 0 N–H and O–H groups in total. The molecule has 0 radical (unpaired) electrons. The van der Waals surface area contributed by atoms with Gasteiger partial charge in [0.25, 0.3) is 0 Å². The third-order valence-corrected chi connectivity index (χ3v) is 2.49. The van der Waals surface area contributed by atoms with Gasteiger partial charge in [0, 0.05) is 17.1 Å². The molecule has 106 valence electrons. The van der Waals surface area contributed by atoms with Crippen LogP contribution in [0.5, 0.6) is 5.75 Å². The van der Waals surface area contributed by atoms with Gasteiger partial charge in [0.15, 0.2) is 12.0 Å². The van der Waals surface area contributed by atoms with Gasteiger partial charge in [0.2, 0.25) is 0 Å². The molecule has 0 aliphatic heterocycles. The second-order valence-corrected chi connectivity index (χ2v) is 3.73. The summed E-state index contributed by atoms with van der Waals surface area (Å²) in [5, 5.41) is -0.260. The number of halogens is 7. The molecule has 0 spiro atoms. The third-order valence-electron chi connectivity index (χ3n) is 1.89. The monoisotopic (exact) mass is 351 g/mol. The minimum absolute atomic E-state index is 0.260. The van der Waals surface area contributed by atoms with E-state index in [0.29, 0.717) is 6.20 Å². The molecule has 1 rings (SSSR count). The van der Waals surface area contributed by atoms with Gasteiger partial charge in [-0.25, -0.2) is 0 Å². The summed E-state index contributed by atoms with van der Waals surface area (Å²) < 4.78 is 77.5. The van der Waals surface area contributed by atoms with E-state index in [9.17, 15) is 31.1 Å². The number of ether oxygens (including phenoxy) is 1. The van der Waals surface area contributed by atoms with Crippen molar-refractivity contribution >= 4 is 22.2 Å². The first-order chi connectivity index (χ1) is 8.60. The van der Waals surface area contributed by atoms with Gasteiger partial charge in [-0.05, 0) is 0 Å². The highest BCUT2D eigenvalue weighted by atomic mass is 79.9. The molecule has 0 atom stereocenters. The van der Waals surface area contributed by atoms with Crippen molar-refractivity contribution in [2.75, 3.05) is 0 Å². The number of alkyl halides is 7. The molecule has 0 saturated carbocycles. The zero-order valence-electron chi connectivity index (χ0n) is 8.77. The van der Waals surface area contributed by atoms with E-state index in [1.54, 1.807) is 0 Å². The lowest BCUT2D eigenvalue weighted by Crippen LogP contribution is -2.21. The minimum atomic E-state index is -5.22. The maximum Gasteiger partial charge on any atom is 0.573 e. The van der Waals surface area contributed by atoms with Crippen LogP contribution in [0.1, 0.15) is 21.6 Å². The molecule has 1 heterocycles. The molecule has 0 amide bonds. The average Bonchev–Trinajstić information content (AvgIpc) is 2.25. The van der Waals surface area contributed by atoms with Crippen molar-refractivity contribution in [2.45, 2.75) is 17.9 Å². The Morgan fingerprint density at radius 2 is 1.84 bits per heavy atom. The standard InChI is InChI=1S/C9H4BrF6NO2/c10-1-4-2-17-7(8(11,12)13)5(3-18)6(4)19-9(14,15)16/h2-3H,1H2. The van der Waals surface area contributed by atoms with Crippen LogP contribution < -0.4 is 4.74 Å². The molecule has 19 heavy (non-hydrogen) atoms. The molecule has 0 aliphatic carbocycles. The molecule has 10 heteroatoms. The van der Waals surface area contributed by atoms with Gasteiger partial charge >= 0.3 is 12.5 Å². The molecular formula is C9H4BrF6NO2. The van der Waals surface area contributed by atoms with Gasteiger partial charge in [-0.15, -0.1) is 13.2 Å². The summed E-state index contributed by atoms with van der Waals surface area (Å²) in [6.07, 6.45) is -10.1. The Labute approximate surface area is 110 Å². The number of rotatable bonds is 3. The molecular weight excluding hydrogens is 348 g/mol. The number of nitrogens with zero attached hydrogens (tertiary/aromatic N) is 1. The normalized spacial score (nSPS) is 12.4. The highest BCUT2D eigenvalue weighted by Crippen LogP contribution is 2.37. The van der Waals surface area contributed by atoms with E-state index in [4.69, 9.17) is 0 Å². The summed E-state index contributed by atoms with van der Waals surface area (Å²) in [6, 6.07) is 0. The quantitative estimate of drug-likeness (QED) is 0.473. The van der Waals surface area contributed by atoms with E-state index >= 15 is 0 Å². The van der Waals surface area contributed by atoms with Crippen LogP contribution in [0.2, 0.25) is 0 Å². The molecule has 0 fully saturated rings. The minimum Gasteiger partial charge on any atom is -0.405 e. The second kappa shape index (κ2) is 5.35. The van der Waals surface area contributed by atoms with E-state index < -0.39 is 29.5 Å². The van der Waals surface area contributed by atoms with Crippen LogP contribution in [0.4, 0.5) is 26.3 Å². The van der Waals surface area contributed by atoms with Crippen LogP contribution in [0.25, 0.3) is 0 Å². The van der Waals surface area contributed by atoms with Crippen molar-refractivity contribution in [3.05, 3.63) is 23.0 Å². The van der Waals surface area contributed by atoms with Crippen molar-refractivity contribution in [1.29, 1.82) is 0 Å². The van der Waals surface area contributed by atoms with Crippen molar-refractivity contribution in [1.82, 2.24) is 4.98 Å². The maximum atomic E-state index is 12.5. The van der Waals surface area contributed by atoms with Crippen LogP contribution in [0, 0.1) is 0 Å². The van der Waals surface area contributed by atoms with E-state index in [1.807, 2.05) is 0 Å². The number of carbonyl (C=O) groups is 1. The largest absolute Gasteiger partial charge is 0.573 e. The molecule has 1 aromatic heterocycles.